The predicted molar refractivity (Wildman–Crippen MR) is 79.8 cm³/mol. The monoisotopic (exact) mass is 303 g/mol. The molecule has 0 bridgehead atoms. The Labute approximate surface area is 115 Å². The van der Waals surface area contributed by atoms with Crippen LogP contribution >= 0.6 is 0 Å². The molecule has 0 N–H and O–H groups in total. The van der Waals surface area contributed by atoms with Crippen molar-refractivity contribution in [3.8, 4) is 0 Å². The van der Waals surface area contributed by atoms with Crippen molar-refractivity contribution in [2.24, 2.45) is 0 Å². The fourth-order valence-electron chi connectivity index (χ4n) is 2.34. The van der Waals surface area contributed by atoms with Crippen LogP contribution in [-0.4, -0.2) is 21.5 Å². The van der Waals surface area contributed by atoms with Crippen molar-refractivity contribution < 1.29 is 0 Å². The number of fused-ring (bicyclic) bond motifs is 2. The number of para-hydroxylation sites is 2. The molecule has 0 unspecified atom stereocenters. The van der Waals surface area contributed by atoms with Crippen molar-refractivity contribution in [3.63, 3.8) is 0 Å². The van der Waals surface area contributed by atoms with Gasteiger partial charge in [0.25, 0.3) is 0 Å². The average molecular weight is 302 g/mol. The summed E-state index contributed by atoms with van der Waals surface area (Å²) in [5.74, 6) is 0. The van der Waals surface area contributed by atoms with Crippen molar-refractivity contribution in [2.75, 3.05) is 11.4 Å². The second-order valence-corrected chi connectivity index (χ2v) is 6.82. The molecule has 2 aromatic carbocycles. The average Bonchev–Trinajstić information content (AvgIpc) is 2.43. The molecular formula is C16H17NSe. The summed E-state index contributed by atoms with van der Waals surface area (Å²) >= 11 is 0.454. The zero-order chi connectivity index (χ0) is 12.4. The van der Waals surface area contributed by atoms with Crippen LogP contribution in [0.5, 0.6) is 0 Å². The molecule has 0 atom stereocenters. The number of anilines is 2. The van der Waals surface area contributed by atoms with Gasteiger partial charge in [-0.05, 0) is 0 Å². The predicted octanol–water partition coefficient (Wildman–Crippen LogP) is 2.59. The Morgan fingerprint density at radius 1 is 0.889 bits per heavy atom. The second-order valence-electron chi connectivity index (χ2n) is 4.54. The van der Waals surface area contributed by atoms with Gasteiger partial charge < -0.3 is 0 Å². The van der Waals surface area contributed by atoms with Crippen LogP contribution in [0.4, 0.5) is 11.4 Å². The van der Waals surface area contributed by atoms with E-state index in [0.29, 0.717) is 15.0 Å². The van der Waals surface area contributed by atoms with Crippen LogP contribution in [0.15, 0.2) is 48.5 Å². The van der Waals surface area contributed by atoms with Crippen LogP contribution in [0, 0.1) is 0 Å². The molecule has 0 amide bonds. The first-order valence-electron chi connectivity index (χ1n) is 6.53. The third-order valence-electron chi connectivity index (χ3n) is 3.27. The molecular weight excluding hydrogens is 285 g/mol. The number of hydrogen-bond acceptors (Lipinski definition) is 1. The van der Waals surface area contributed by atoms with Crippen molar-refractivity contribution in [1.29, 1.82) is 0 Å². The summed E-state index contributed by atoms with van der Waals surface area (Å²) in [6, 6.07) is 17.7. The third kappa shape index (κ3) is 2.07. The Morgan fingerprint density at radius 3 is 2.00 bits per heavy atom. The molecule has 1 aliphatic rings. The molecule has 0 aromatic heterocycles. The summed E-state index contributed by atoms with van der Waals surface area (Å²) in [6.07, 6.45) is 2.49. The van der Waals surface area contributed by atoms with Crippen molar-refractivity contribution in [2.45, 2.75) is 19.8 Å². The molecule has 0 saturated carbocycles. The van der Waals surface area contributed by atoms with E-state index in [9.17, 15) is 0 Å². The topological polar surface area (TPSA) is 3.24 Å². The van der Waals surface area contributed by atoms with Crippen LogP contribution in [-0.2, 0) is 0 Å². The van der Waals surface area contributed by atoms with Crippen LogP contribution in [0.1, 0.15) is 19.8 Å². The summed E-state index contributed by atoms with van der Waals surface area (Å²) in [7, 11) is 0. The maximum absolute atomic E-state index is 2.50. The van der Waals surface area contributed by atoms with Gasteiger partial charge in [-0.25, -0.2) is 0 Å². The molecule has 3 rings (SSSR count). The van der Waals surface area contributed by atoms with E-state index < -0.39 is 0 Å². The van der Waals surface area contributed by atoms with E-state index in [1.54, 1.807) is 0 Å². The van der Waals surface area contributed by atoms with Crippen molar-refractivity contribution >= 4 is 35.3 Å². The second kappa shape index (κ2) is 5.17. The van der Waals surface area contributed by atoms with Gasteiger partial charge in [-0.2, -0.15) is 0 Å². The molecule has 2 aromatic rings. The van der Waals surface area contributed by atoms with Crippen molar-refractivity contribution in [1.82, 2.24) is 0 Å². The van der Waals surface area contributed by atoms with Gasteiger partial charge in [0.1, 0.15) is 0 Å². The van der Waals surface area contributed by atoms with Crippen LogP contribution < -0.4 is 13.8 Å². The third-order valence-corrected chi connectivity index (χ3v) is 5.64. The summed E-state index contributed by atoms with van der Waals surface area (Å²) < 4.78 is 3.03. The van der Waals surface area contributed by atoms with E-state index in [2.05, 4.69) is 60.4 Å². The Kier molecular flexibility index (Phi) is 3.40. The van der Waals surface area contributed by atoms with E-state index in [-0.39, 0.29) is 0 Å². The molecule has 0 aliphatic carbocycles. The minimum absolute atomic E-state index is 0.454. The van der Waals surface area contributed by atoms with Crippen LogP contribution in [0.3, 0.4) is 0 Å². The fourth-order valence-corrected chi connectivity index (χ4v) is 4.64. The van der Waals surface area contributed by atoms with Gasteiger partial charge in [0.2, 0.25) is 0 Å². The number of nitrogens with zero attached hydrogens (tertiary/aromatic N) is 1. The van der Waals surface area contributed by atoms with E-state index in [4.69, 9.17) is 0 Å². The minimum atomic E-state index is 0.454. The number of unbranched alkanes of at least 4 members (excludes halogenated alkanes) is 1. The van der Waals surface area contributed by atoms with Gasteiger partial charge in [-0.15, -0.1) is 0 Å². The SMILES string of the molecule is CCCCN1c2ccccc2[Se]c2ccccc21. The Bertz CT molecular complexity index is 505. The van der Waals surface area contributed by atoms with Crippen LogP contribution in [0.2, 0.25) is 0 Å². The molecule has 1 aliphatic heterocycles. The normalized spacial score (nSPS) is 13.1. The molecule has 0 fully saturated rings. The molecule has 0 radical (unpaired) electrons. The molecule has 18 heavy (non-hydrogen) atoms. The maximum atomic E-state index is 2.50. The van der Waals surface area contributed by atoms with Crippen LogP contribution in [0.25, 0.3) is 0 Å². The zero-order valence-electron chi connectivity index (χ0n) is 10.6. The summed E-state index contributed by atoms with van der Waals surface area (Å²) in [5, 5.41) is 0. The zero-order valence-corrected chi connectivity index (χ0v) is 12.3. The van der Waals surface area contributed by atoms with Gasteiger partial charge >= 0.3 is 115 Å². The molecule has 2 heteroatoms. The fraction of sp³-hybridized carbons (Fsp3) is 0.250. The molecule has 92 valence electrons. The molecule has 1 heterocycles. The van der Waals surface area contributed by atoms with Gasteiger partial charge in [0.15, 0.2) is 0 Å². The summed E-state index contributed by atoms with van der Waals surface area (Å²) in [6.45, 7) is 3.38. The Balaban J connectivity index is 2.05. The quantitative estimate of drug-likeness (QED) is 0.788. The number of benzene rings is 2. The first-order valence-corrected chi connectivity index (χ1v) is 8.25. The van der Waals surface area contributed by atoms with E-state index >= 15 is 0 Å². The number of hydrogen-bond donors (Lipinski definition) is 0. The van der Waals surface area contributed by atoms with Gasteiger partial charge in [-0.1, -0.05) is 0 Å². The van der Waals surface area contributed by atoms with Gasteiger partial charge in [-0.3, -0.25) is 0 Å². The summed E-state index contributed by atoms with van der Waals surface area (Å²) in [5.41, 5.74) is 2.84. The Morgan fingerprint density at radius 2 is 1.44 bits per heavy atom. The Hall–Kier alpha value is -1.24. The van der Waals surface area contributed by atoms with E-state index in [0.717, 1.165) is 6.54 Å². The first kappa shape index (κ1) is 11.8. The first-order chi connectivity index (χ1) is 8.90. The molecule has 0 spiro atoms. The van der Waals surface area contributed by atoms with Crippen molar-refractivity contribution in [3.05, 3.63) is 48.5 Å². The van der Waals surface area contributed by atoms with Gasteiger partial charge in [0.05, 0.1) is 0 Å². The number of rotatable bonds is 3. The molecule has 1 nitrogen and oxygen atoms in total. The van der Waals surface area contributed by atoms with E-state index in [1.165, 1.54) is 33.1 Å². The van der Waals surface area contributed by atoms with E-state index in [1.807, 2.05) is 0 Å². The van der Waals surface area contributed by atoms with Gasteiger partial charge in [0, 0.05) is 0 Å². The standard InChI is InChI=1S/C16H17NSe/c1-2-3-12-17-13-8-4-6-10-15(13)18-16-11-7-5-9-14(16)17/h4-11H,2-3,12H2,1H3. The molecule has 0 saturated heterocycles. The summed E-state index contributed by atoms with van der Waals surface area (Å²) in [4.78, 5) is 2.50.